The van der Waals surface area contributed by atoms with Gasteiger partial charge in [-0.2, -0.15) is 0 Å². The van der Waals surface area contributed by atoms with E-state index in [1.807, 2.05) is 19.1 Å². The highest BCUT2D eigenvalue weighted by Crippen LogP contribution is 2.31. The minimum atomic E-state index is -4.08. The zero-order chi connectivity index (χ0) is 29.0. The highest BCUT2D eigenvalue weighted by atomic mass is 32.2. The monoisotopic (exact) mass is 569 g/mol. The first-order valence-electron chi connectivity index (χ1n) is 12.7. The molecule has 5 rings (SSSR count). The predicted octanol–water partition coefficient (Wildman–Crippen LogP) is 5.66. The molecule has 0 aliphatic rings. The van der Waals surface area contributed by atoms with Crippen molar-refractivity contribution in [3.05, 3.63) is 113 Å². The Labute approximate surface area is 237 Å². The number of methoxy groups -OCH3 is 1. The van der Waals surface area contributed by atoms with Crippen LogP contribution >= 0.6 is 0 Å². The third-order valence-corrected chi connectivity index (χ3v) is 7.70. The molecule has 0 aliphatic carbocycles. The molecule has 0 bridgehead atoms. The fraction of sp³-hybridized carbons (Fsp3) is 0.0968. The third-order valence-electron chi connectivity index (χ3n) is 6.34. The standard InChI is InChI=1S/C31H27N3O6S/c1-3-40-29-18-9-6-15-26(29)32-20-25-23-13-4-5-14-24(23)30(35)34(31(25)36)21-11-10-12-22(19-21)41(37,38)33-27-16-7-8-17-28(27)39-2/h4-20,33,36H,3H2,1-2H3. The van der Waals surface area contributed by atoms with Crippen molar-refractivity contribution in [2.45, 2.75) is 11.8 Å². The lowest BCUT2D eigenvalue weighted by atomic mass is 10.1. The number of para-hydroxylation sites is 4. The molecule has 0 atom stereocenters. The second kappa shape index (κ2) is 11.6. The second-order valence-electron chi connectivity index (χ2n) is 8.89. The van der Waals surface area contributed by atoms with Crippen molar-refractivity contribution in [1.82, 2.24) is 4.57 Å². The number of pyridine rings is 1. The number of hydrogen-bond acceptors (Lipinski definition) is 7. The highest BCUT2D eigenvalue weighted by molar-refractivity contribution is 7.92. The Hall–Kier alpha value is -5.09. The van der Waals surface area contributed by atoms with Crippen LogP contribution in [0.25, 0.3) is 16.5 Å². The summed E-state index contributed by atoms with van der Waals surface area (Å²) >= 11 is 0. The first-order valence-corrected chi connectivity index (χ1v) is 14.2. The summed E-state index contributed by atoms with van der Waals surface area (Å²) < 4.78 is 41.1. The summed E-state index contributed by atoms with van der Waals surface area (Å²) in [6.45, 7) is 2.33. The molecule has 2 N–H and O–H groups in total. The number of aromatic hydroxyl groups is 1. The lowest BCUT2D eigenvalue weighted by molar-refractivity contribution is 0.341. The molecule has 0 spiro atoms. The van der Waals surface area contributed by atoms with Gasteiger partial charge in [0, 0.05) is 17.0 Å². The molecule has 0 unspecified atom stereocenters. The van der Waals surface area contributed by atoms with Crippen molar-refractivity contribution in [3.8, 4) is 23.1 Å². The van der Waals surface area contributed by atoms with E-state index in [0.717, 1.165) is 4.57 Å². The molecule has 9 nitrogen and oxygen atoms in total. The fourth-order valence-electron chi connectivity index (χ4n) is 4.43. The number of nitrogens with zero attached hydrogens (tertiary/aromatic N) is 2. The first-order chi connectivity index (χ1) is 19.8. The lowest BCUT2D eigenvalue weighted by Crippen LogP contribution is -2.21. The van der Waals surface area contributed by atoms with Gasteiger partial charge in [-0.3, -0.25) is 14.5 Å². The van der Waals surface area contributed by atoms with Gasteiger partial charge in [0.25, 0.3) is 15.6 Å². The normalized spacial score (nSPS) is 11.6. The predicted molar refractivity (Wildman–Crippen MR) is 160 cm³/mol. The zero-order valence-corrected chi connectivity index (χ0v) is 23.1. The van der Waals surface area contributed by atoms with Gasteiger partial charge in [0.2, 0.25) is 5.88 Å². The summed E-state index contributed by atoms with van der Waals surface area (Å²) in [5.41, 5.74) is 0.734. The van der Waals surface area contributed by atoms with E-state index in [1.165, 1.54) is 31.5 Å². The minimum absolute atomic E-state index is 0.110. The molecular weight excluding hydrogens is 542 g/mol. The molecule has 0 amide bonds. The number of hydrogen-bond donors (Lipinski definition) is 2. The molecule has 0 saturated carbocycles. The van der Waals surface area contributed by atoms with Crippen LogP contribution in [0, 0.1) is 0 Å². The Balaban J connectivity index is 1.63. The van der Waals surface area contributed by atoms with Gasteiger partial charge < -0.3 is 14.6 Å². The van der Waals surface area contributed by atoms with Gasteiger partial charge >= 0.3 is 0 Å². The number of aliphatic imine (C=N–C) groups is 1. The topological polar surface area (TPSA) is 119 Å². The molecule has 10 heteroatoms. The molecule has 208 valence electrons. The first kappa shape index (κ1) is 27.5. The molecule has 1 heterocycles. The molecule has 1 aromatic heterocycles. The number of fused-ring (bicyclic) bond motifs is 1. The summed E-state index contributed by atoms with van der Waals surface area (Å²) in [6, 6.07) is 26.4. The van der Waals surface area contributed by atoms with Crippen LogP contribution in [0.5, 0.6) is 17.4 Å². The number of rotatable bonds is 9. The number of nitrogens with one attached hydrogen (secondary N) is 1. The number of benzene rings is 4. The Morgan fingerprint density at radius 3 is 2.34 bits per heavy atom. The van der Waals surface area contributed by atoms with Crippen LogP contribution in [-0.4, -0.2) is 38.0 Å². The molecule has 0 radical (unpaired) electrons. The van der Waals surface area contributed by atoms with Crippen molar-refractivity contribution in [3.63, 3.8) is 0 Å². The molecule has 5 aromatic rings. The Bertz CT molecular complexity index is 1930. The fourth-order valence-corrected chi connectivity index (χ4v) is 5.54. The summed E-state index contributed by atoms with van der Waals surface area (Å²) in [5, 5.41) is 12.2. The Kier molecular flexibility index (Phi) is 7.75. The zero-order valence-electron chi connectivity index (χ0n) is 22.3. The van der Waals surface area contributed by atoms with Crippen LogP contribution in [0.3, 0.4) is 0 Å². The van der Waals surface area contributed by atoms with Crippen molar-refractivity contribution in [2.24, 2.45) is 4.99 Å². The van der Waals surface area contributed by atoms with Crippen LogP contribution in [0.2, 0.25) is 0 Å². The summed E-state index contributed by atoms with van der Waals surface area (Å²) in [6.07, 6.45) is 1.47. The Morgan fingerprint density at radius 2 is 1.59 bits per heavy atom. The highest BCUT2D eigenvalue weighted by Gasteiger charge is 2.20. The van der Waals surface area contributed by atoms with E-state index in [9.17, 15) is 18.3 Å². The van der Waals surface area contributed by atoms with Crippen molar-refractivity contribution >= 4 is 38.4 Å². The van der Waals surface area contributed by atoms with Gasteiger partial charge in [-0.15, -0.1) is 0 Å². The largest absolute Gasteiger partial charge is 0.495 e. The lowest BCUT2D eigenvalue weighted by Gasteiger charge is -2.15. The van der Waals surface area contributed by atoms with E-state index in [0.29, 0.717) is 34.6 Å². The average Bonchev–Trinajstić information content (AvgIpc) is 2.98. The molecule has 4 aromatic carbocycles. The molecule has 0 aliphatic heterocycles. The molecular formula is C31H27N3O6S. The summed E-state index contributed by atoms with van der Waals surface area (Å²) in [7, 11) is -2.64. The summed E-state index contributed by atoms with van der Waals surface area (Å²) in [4.78, 5) is 18.0. The number of sulfonamides is 1. The van der Waals surface area contributed by atoms with E-state index in [1.54, 1.807) is 66.7 Å². The molecule has 0 fully saturated rings. The number of aromatic nitrogens is 1. The van der Waals surface area contributed by atoms with Crippen molar-refractivity contribution in [1.29, 1.82) is 0 Å². The van der Waals surface area contributed by atoms with E-state index >= 15 is 0 Å². The quantitative estimate of drug-likeness (QED) is 0.221. The van der Waals surface area contributed by atoms with Crippen LogP contribution in [-0.2, 0) is 10.0 Å². The van der Waals surface area contributed by atoms with E-state index in [-0.39, 0.29) is 21.8 Å². The van der Waals surface area contributed by atoms with E-state index in [4.69, 9.17) is 9.47 Å². The second-order valence-corrected chi connectivity index (χ2v) is 10.6. The number of ether oxygens (including phenoxy) is 2. The van der Waals surface area contributed by atoms with Crippen molar-refractivity contribution in [2.75, 3.05) is 18.4 Å². The molecule has 41 heavy (non-hydrogen) atoms. The average molecular weight is 570 g/mol. The maximum atomic E-state index is 13.6. The maximum Gasteiger partial charge on any atom is 0.265 e. The van der Waals surface area contributed by atoms with E-state index < -0.39 is 21.5 Å². The molecule has 0 saturated heterocycles. The maximum absolute atomic E-state index is 13.6. The van der Waals surface area contributed by atoms with Crippen molar-refractivity contribution < 1.29 is 23.0 Å². The van der Waals surface area contributed by atoms with Crippen LogP contribution in [0.4, 0.5) is 11.4 Å². The van der Waals surface area contributed by atoms with Gasteiger partial charge in [0.05, 0.1) is 35.6 Å². The van der Waals surface area contributed by atoms with Crippen LogP contribution in [0.1, 0.15) is 12.5 Å². The van der Waals surface area contributed by atoms with Gasteiger partial charge in [-0.1, -0.05) is 48.5 Å². The van der Waals surface area contributed by atoms with Crippen LogP contribution in [0.15, 0.2) is 112 Å². The summed E-state index contributed by atoms with van der Waals surface area (Å²) in [5.74, 6) is 0.535. The minimum Gasteiger partial charge on any atom is -0.495 e. The van der Waals surface area contributed by atoms with Crippen LogP contribution < -0.4 is 19.8 Å². The SMILES string of the molecule is CCOc1ccccc1N=Cc1c(O)n(-c2cccc(S(=O)(=O)Nc3ccccc3OC)c2)c(=O)c2ccccc12. The number of anilines is 1. The van der Waals surface area contributed by atoms with Gasteiger partial charge in [0.1, 0.15) is 17.2 Å². The van der Waals surface area contributed by atoms with Gasteiger partial charge in [0.15, 0.2) is 0 Å². The van der Waals surface area contributed by atoms with Gasteiger partial charge in [-0.25, -0.2) is 13.0 Å². The Morgan fingerprint density at radius 1 is 0.902 bits per heavy atom. The third kappa shape index (κ3) is 5.50. The smallest absolute Gasteiger partial charge is 0.265 e. The van der Waals surface area contributed by atoms with Gasteiger partial charge in [-0.05, 0) is 55.5 Å². The van der Waals surface area contributed by atoms with E-state index in [2.05, 4.69) is 9.71 Å².